The Balaban J connectivity index is 4.24. The van der Waals surface area contributed by atoms with Gasteiger partial charge in [-0.3, -0.25) is 18.6 Å². The van der Waals surface area contributed by atoms with Crippen LogP contribution >= 0.6 is 7.82 Å². The van der Waals surface area contributed by atoms with E-state index in [1.807, 2.05) is 18.2 Å². The number of ether oxygens (including phenoxy) is 2. The van der Waals surface area contributed by atoms with Crippen LogP contribution in [0.15, 0.2) is 36.5 Å². The smallest absolute Gasteiger partial charge is 0.462 e. The Bertz CT molecular complexity index is 892. The van der Waals surface area contributed by atoms with E-state index in [-0.39, 0.29) is 38.6 Å². The fraction of sp³-hybridized carbons (Fsp3) is 0.789. The first-order chi connectivity index (χ1) is 23.3. The monoisotopic (exact) mass is 699 g/mol. The summed E-state index contributed by atoms with van der Waals surface area (Å²) in [6.07, 6.45) is 36.0. The van der Waals surface area contributed by atoms with Crippen molar-refractivity contribution in [3.8, 4) is 0 Å². The van der Waals surface area contributed by atoms with E-state index < -0.39 is 26.5 Å². The highest BCUT2D eigenvalue weighted by Gasteiger charge is 2.25. The molecule has 2 unspecified atom stereocenters. The lowest BCUT2D eigenvalue weighted by Crippen LogP contribution is -2.29. The van der Waals surface area contributed by atoms with Crippen molar-refractivity contribution in [2.75, 3.05) is 26.4 Å². The molecule has 10 heteroatoms. The molecule has 0 radical (unpaired) electrons. The molecule has 0 aromatic rings. The molecule has 0 rings (SSSR count). The summed E-state index contributed by atoms with van der Waals surface area (Å²) in [5.41, 5.74) is 5.33. The van der Waals surface area contributed by atoms with Crippen molar-refractivity contribution in [3.63, 3.8) is 0 Å². The SMILES string of the molecule is CC/C=C/C=C/C=C/CCCCCCCC(=O)OC(COC(=O)CCCCCCCCCCCCCCCC)COP(=O)(O)OCCN. The minimum atomic E-state index is -4.37. The van der Waals surface area contributed by atoms with Gasteiger partial charge in [0.1, 0.15) is 6.61 Å². The first kappa shape index (κ1) is 46.2. The predicted octanol–water partition coefficient (Wildman–Crippen LogP) is 10.2. The lowest BCUT2D eigenvalue weighted by atomic mass is 10.0. The Labute approximate surface area is 293 Å². The number of carbonyl (C=O) groups is 2. The number of allylic oxidation sites excluding steroid dienone is 6. The number of hydrogen-bond donors (Lipinski definition) is 2. The van der Waals surface area contributed by atoms with Crippen molar-refractivity contribution < 1.29 is 37.6 Å². The van der Waals surface area contributed by atoms with E-state index in [2.05, 4.69) is 32.1 Å². The molecule has 0 saturated heterocycles. The fourth-order valence-corrected chi connectivity index (χ4v) is 5.81. The highest BCUT2D eigenvalue weighted by Crippen LogP contribution is 2.43. The Hall–Kier alpha value is -1.77. The number of esters is 2. The number of unbranched alkanes of at least 4 members (excludes halogenated alkanes) is 18. The van der Waals surface area contributed by atoms with Crippen molar-refractivity contribution in [1.82, 2.24) is 0 Å². The molecule has 2 atom stereocenters. The average Bonchev–Trinajstić information content (AvgIpc) is 3.07. The van der Waals surface area contributed by atoms with E-state index >= 15 is 0 Å². The summed E-state index contributed by atoms with van der Waals surface area (Å²) in [6.45, 7) is 3.56. The van der Waals surface area contributed by atoms with Crippen LogP contribution in [0, 0.1) is 0 Å². The van der Waals surface area contributed by atoms with E-state index in [1.165, 1.54) is 70.6 Å². The average molecular weight is 700 g/mol. The maximum Gasteiger partial charge on any atom is 0.472 e. The Kier molecular flexibility index (Phi) is 33.8. The third-order valence-electron chi connectivity index (χ3n) is 7.85. The summed E-state index contributed by atoms with van der Waals surface area (Å²) in [4.78, 5) is 34.7. The fourth-order valence-electron chi connectivity index (χ4n) is 5.05. The van der Waals surface area contributed by atoms with Crippen LogP contribution in [0.4, 0.5) is 0 Å². The Morgan fingerprint density at radius 1 is 0.646 bits per heavy atom. The quantitative estimate of drug-likeness (QED) is 0.0287. The summed E-state index contributed by atoms with van der Waals surface area (Å²) < 4.78 is 32.6. The second-order valence-electron chi connectivity index (χ2n) is 12.5. The molecule has 0 aliphatic carbocycles. The third kappa shape index (κ3) is 34.1. The second-order valence-corrected chi connectivity index (χ2v) is 13.9. The largest absolute Gasteiger partial charge is 0.472 e. The van der Waals surface area contributed by atoms with E-state index in [9.17, 15) is 19.0 Å². The second kappa shape index (κ2) is 35.1. The first-order valence-electron chi connectivity index (χ1n) is 19.0. The molecule has 0 amide bonds. The van der Waals surface area contributed by atoms with Crippen LogP contribution in [-0.4, -0.2) is 49.3 Å². The van der Waals surface area contributed by atoms with E-state index in [0.29, 0.717) is 6.42 Å². The van der Waals surface area contributed by atoms with Gasteiger partial charge in [-0.15, -0.1) is 0 Å². The molecule has 0 spiro atoms. The molecule has 280 valence electrons. The van der Waals surface area contributed by atoms with Crippen LogP contribution in [0.2, 0.25) is 0 Å². The predicted molar refractivity (Wildman–Crippen MR) is 197 cm³/mol. The lowest BCUT2D eigenvalue weighted by Gasteiger charge is -2.19. The summed E-state index contributed by atoms with van der Waals surface area (Å²) in [5, 5.41) is 0. The Morgan fingerprint density at radius 3 is 1.69 bits per heavy atom. The van der Waals surface area contributed by atoms with Gasteiger partial charge in [0.2, 0.25) is 0 Å². The number of carbonyl (C=O) groups excluding carboxylic acids is 2. The van der Waals surface area contributed by atoms with E-state index in [1.54, 1.807) is 0 Å². The van der Waals surface area contributed by atoms with Crippen LogP contribution in [0.5, 0.6) is 0 Å². The molecule has 0 aliphatic heterocycles. The minimum absolute atomic E-state index is 0.0498. The molecule has 0 bridgehead atoms. The molecular weight excluding hydrogens is 629 g/mol. The molecule has 9 nitrogen and oxygen atoms in total. The van der Waals surface area contributed by atoms with Gasteiger partial charge in [0.25, 0.3) is 0 Å². The molecule has 48 heavy (non-hydrogen) atoms. The van der Waals surface area contributed by atoms with Crippen LogP contribution in [0.3, 0.4) is 0 Å². The summed E-state index contributed by atoms with van der Waals surface area (Å²) >= 11 is 0. The first-order valence-corrected chi connectivity index (χ1v) is 20.5. The zero-order chi connectivity index (χ0) is 35.4. The van der Waals surface area contributed by atoms with Crippen molar-refractivity contribution >= 4 is 19.8 Å². The summed E-state index contributed by atoms with van der Waals surface area (Å²) in [5.74, 6) is -0.852. The lowest BCUT2D eigenvalue weighted by molar-refractivity contribution is -0.161. The topological polar surface area (TPSA) is 134 Å². The number of rotatable bonds is 35. The molecule has 0 aliphatic rings. The minimum Gasteiger partial charge on any atom is -0.462 e. The van der Waals surface area contributed by atoms with Crippen LogP contribution in [-0.2, 0) is 32.7 Å². The molecule has 0 fully saturated rings. The van der Waals surface area contributed by atoms with Crippen LogP contribution < -0.4 is 5.73 Å². The van der Waals surface area contributed by atoms with Crippen molar-refractivity contribution in [2.45, 2.75) is 168 Å². The van der Waals surface area contributed by atoms with Gasteiger partial charge < -0.3 is 20.1 Å². The molecule has 3 N–H and O–H groups in total. The van der Waals surface area contributed by atoms with Crippen molar-refractivity contribution in [1.29, 1.82) is 0 Å². The number of phosphoric acid groups is 1. The van der Waals surface area contributed by atoms with Gasteiger partial charge in [0.05, 0.1) is 13.2 Å². The van der Waals surface area contributed by atoms with E-state index in [4.69, 9.17) is 24.3 Å². The molecule has 0 aromatic heterocycles. The zero-order valence-corrected chi connectivity index (χ0v) is 31.4. The number of nitrogens with two attached hydrogens (primary N) is 1. The van der Waals surface area contributed by atoms with Crippen molar-refractivity contribution in [2.24, 2.45) is 5.73 Å². The van der Waals surface area contributed by atoms with Gasteiger partial charge in [-0.2, -0.15) is 0 Å². The molecule has 0 heterocycles. The molecular formula is C38H70NO8P. The molecule has 0 saturated carbocycles. The number of phosphoric ester groups is 1. The standard InChI is InChI=1S/C38H70NO8P/c1-3-5-7-9-11-13-15-17-19-20-22-24-26-28-30-37(40)44-34-36(35-46-48(42,43)45-33-32-39)47-38(41)31-29-27-25-23-21-18-16-14-12-10-8-6-4-2/h6,8,10,12,14,16,36H,3-5,7,9,11,13,15,17-35,39H2,1-2H3,(H,42,43)/b8-6+,12-10+,16-14+. The summed E-state index contributed by atoms with van der Waals surface area (Å²) in [6, 6.07) is 0. The van der Waals surface area contributed by atoms with Gasteiger partial charge >= 0.3 is 19.8 Å². The molecule has 0 aromatic carbocycles. The zero-order valence-electron chi connectivity index (χ0n) is 30.5. The highest BCUT2D eigenvalue weighted by atomic mass is 31.2. The highest BCUT2D eigenvalue weighted by molar-refractivity contribution is 7.47. The van der Waals surface area contributed by atoms with Crippen molar-refractivity contribution in [3.05, 3.63) is 36.5 Å². The van der Waals surface area contributed by atoms with Gasteiger partial charge in [0.15, 0.2) is 6.10 Å². The third-order valence-corrected chi connectivity index (χ3v) is 8.84. The number of hydrogen-bond acceptors (Lipinski definition) is 8. The Morgan fingerprint density at radius 2 is 1.15 bits per heavy atom. The maximum absolute atomic E-state index is 12.5. The van der Waals surface area contributed by atoms with Gasteiger partial charge in [-0.1, -0.05) is 153 Å². The summed E-state index contributed by atoms with van der Waals surface area (Å²) in [7, 11) is -4.37. The van der Waals surface area contributed by atoms with Gasteiger partial charge in [-0.05, 0) is 32.1 Å². The van der Waals surface area contributed by atoms with Gasteiger partial charge in [0, 0.05) is 19.4 Å². The van der Waals surface area contributed by atoms with Crippen LogP contribution in [0.25, 0.3) is 0 Å². The van der Waals surface area contributed by atoms with E-state index in [0.717, 1.165) is 57.8 Å². The van der Waals surface area contributed by atoms with Gasteiger partial charge in [-0.25, -0.2) is 4.57 Å². The van der Waals surface area contributed by atoms with Crippen LogP contribution in [0.1, 0.15) is 162 Å². The normalized spacial score (nSPS) is 13.8. The maximum atomic E-state index is 12.5.